The van der Waals surface area contributed by atoms with Gasteiger partial charge in [-0.25, -0.2) is 0 Å². The third-order valence-electron chi connectivity index (χ3n) is 2.91. The Balaban J connectivity index is 0.00000200. The van der Waals surface area contributed by atoms with Crippen LogP contribution < -0.4 is 5.73 Å². The quantitative estimate of drug-likeness (QED) is 0.505. The Morgan fingerprint density at radius 2 is 2.25 bits per heavy atom. The molecule has 1 aromatic heterocycles. The van der Waals surface area contributed by atoms with Gasteiger partial charge in [-0.2, -0.15) is 0 Å². The highest BCUT2D eigenvalue weighted by Gasteiger charge is 2.17. The molecule has 20 heavy (non-hydrogen) atoms. The van der Waals surface area contributed by atoms with Crippen LogP contribution in [0.4, 0.5) is 5.69 Å². The fourth-order valence-electron chi connectivity index (χ4n) is 1.92. The summed E-state index contributed by atoms with van der Waals surface area (Å²) in [6, 6.07) is 3.72. The van der Waals surface area contributed by atoms with Crippen molar-refractivity contribution in [1.82, 2.24) is 4.98 Å². The number of nitro benzene ring substituents is 1. The van der Waals surface area contributed by atoms with Crippen LogP contribution in [0, 0.1) is 10.1 Å². The van der Waals surface area contributed by atoms with E-state index in [2.05, 4.69) is 9.72 Å². The van der Waals surface area contributed by atoms with Gasteiger partial charge in [-0.1, -0.05) is 0 Å². The number of methoxy groups -OCH3 is 1. The van der Waals surface area contributed by atoms with Crippen molar-refractivity contribution in [2.24, 2.45) is 5.73 Å². The molecule has 0 bridgehead atoms. The summed E-state index contributed by atoms with van der Waals surface area (Å²) in [6.07, 6.45) is 1.95. The predicted molar refractivity (Wildman–Crippen MR) is 75.9 cm³/mol. The van der Waals surface area contributed by atoms with Gasteiger partial charge in [0.15, 0.2) is 0 Å². The van der Waals surface area contributed by atoms with Gasteiger partial charge in [-0.3, -0.25) is 14.9 Å². The molecule has 0 spiro atoms. The van der Waals surface area contributed by atoms with Crippen LogP contribution in [0.2, 0.25) is 0 Å². The first kappa shape index (κ1) is 15.9. The van der Waals surface area contributed by atoms with E-state index < -0.39 is 16.9 Å². The van der Waals surface area contributed by atoms with E-state index in [9.17, 15) is 14.9 Å². The number of nitrogens with zero attached hydrogens (tertiary/aromatic N) is 1. The van der Waals surface area contributed by atoms with Gasteiger partial charge in [0, 0.05) is 35.7 Å². The Morgan fingerprint density at radius 1 is 1.55 bits per heavy atom. The lowest BCUT2D eigenvalue weighted by molar-refractivity contribution is -0.384. The van der Waals surface area contributed by atoms with Gasteiger partial charge in [0.05, 0.1) is 12.0 Å². The number of H-pyrrole nitrogens is 1. The second-order valence-corrected chi connectivity index (χ2v) is 4.13. The van der Waals surface area contributed by atoms with Gasteiger partial charge in [-0.05, 0) is 11.6 Å². The summed E-state index contributed by atoms with van der Waals surface area (Å²) in [7, 11) is 1.27. The highest BCUT2D eigenvalue weighted by Crippen LogP contribution is 2.24. The first-order valence-electron chi connectivity index (χ1n) is 5.60. The number of esters is 1. The number of ether oxygens (including phenoxy) is 1. The molecule has 8 heteroatoms. The Hall–Kier alpha value is -2.12. The van der Waals surface area contributed by atoms with Gasteiger partial charge >= 0.3 is 5.97 Å². The summed E-state index contributed by atoms with van der Waals surface area (Å²) < 4.78 is 4.55. The summed E-state index contributed by atoms with van der Waals surface area (Å²) in [5.41, 5.74) is 7.19. The molecule has 0 saturated carbocycles. The highest BCUT2D eigenvalue weighted by molar-refractivity contribution is 5.86. The second-order valence-electron chi connectivity index (χ2n) is 4.13. The van der Waals surface area contributed by atoms with Crippen LogP contribution in [0.25, 0.3) is 10.9 Å². The SMILES string of the molecule is COC(=O)[C@@H](N)Cc1c[nH]c2ccc([N+](=O)[O-])cc12.Cl. The third kappa shape index (κ3) is 3.06. The van der Waals surface area contributed by atoms with E-state index in [1.165, 1.54) is 19.2 Å². The number of hydrogen-bond donors (Lipinski definition) is 2. The van der Waals surface area contributed by atoms with Crippen molar-refractivity contribution in [3.63, 3.8) is 0 Å². The molecule has 2 rings (SSSR count). The molecule has 0 aliphatic rings. The normalized spacial score (nSPS) is 11.7. The summed E-state index contributed by atoms with van der Waals surface area (Å²) in [4.78, 5) is 24.6. The number of fused-ring (bicyclic) bond motifs is 1. The molecule has 0 unspecified atom stereocenters. The summed E-state index contributed by atoms with van der Waals surface area (Å²) in [6.45, 7) is 0. The molecular weight excluding hydrogens is 286 g/mol. The number of nitro groups is 1. The zero-order chi connectivity index (χ0) is 14.0. The molecule has 0 saturated heterocycles. The van der Waals surface area contributed by atoms with E-state index in [0.29, 0.717) is 5.39 Å². The number of carbonyl (C=O) groups is 1. The number of halogens is 1. The van der Waals surface area contributed by atoms with Crippen molar-refractivity contribution >= 4 is 35.0 Å². The van der Waals surface area contributed by atoms with Crippen molar-refractivity contribution in [3.8, 4) is 0 Å². The topological polar surface area (TPSA) is 111 Å². The van der Waals surface area contributed by atoms with Gasteiger partial charge in [0.2, 0.25) is 0 Å². The Kier molecular flexibility index (Phi) is 5.06. The summed E-state index contributed by atoms with van der Waals surface area (Å²) >= 11 is 0. The minimum atomic E-state index is -0.789. The Bertz CT molecular complexity index is 641. The Labute approximate surface area is 120 Å². The number of nitrogens with one attached hydrogen (secondary N) is 1. The molecule has 3 N–H and O–H groups in total. The van der Waals surface area contributed by atoms with Crippen molar-refractivity contribution < 1.29 is 14.5 Å². The zero-order valence-corrected chi connectivity index (χ0v) is 11.5. The number of benzene rings is 1. The largest absolute Gasteiger partial charge is 0.468 e. The molecule has 0 aliphatic carbocycles. The van der Waals surface area contributed by atoms with E-state index in [1.807, 2.05) is 0 Å². The van der Waals surface area contributed by atoms with Gasteiger partial charge in [0.1, 0.15) is 6.04 Å². The number of aromatic amines is 1. The molecule has 0 radical (unpaired) electrons. The lowest BCUT2D eigenvalue weighted by atomic mass is 10.1. The van der Waals surface area contributed by atoms with E-state index in [0.717, 1.165) is 11.1 Å². The van der Waals surface area contributed by atoms with Crippen molar-refractivity contribution in [2.45, 2.75) is 12.5 Å². The van der Waals surface area contributed by atoms with E-state index in [1.54, 1.807) is 12.3 Å². The first-order chi connectivity index (χ1) is 9.02. The molecule has 1 aromatic carbocycles. The molecule has 7 nitrogen and oxygen atoms in total. The Morgan fingerprint density at radius 3 is 2.85 bits per heavy atom. The smallest absolute Gasteiger partial charge is 0.322 e. The fourth-order valence-corrected chi connectivity index (χ4v) is 1.92. The van der Waals surface area contributed by atoms with Gasteiger partial charge in [0.25, 0.3) is 5.69 Å². The molecule has 1 atom stereocenters. The molecule has 2 aromatic rings. The van der Waals surface area contributed by atoms with Crippen LogP contribution >= 0.6 is 12.4 Å². The standard InChI is InChI=1S/C12H13N3O4.ClH/c1-19-12(16)10(13)4-7-6-14-11-3-2-8(15(17)18)5-9(7)11;/h2-3,5-6,10,14H,4,13H2,1H3;1H/t10-;/m0./s1. The number of hydrogen-bond acceptors (Lipinski definition) is 5. The third-order valence-corrected chi connectivity index (χ3v) is 2.91. The lowest BCUT2D eigenvalue weighted by Crippen LogP contribution is -2.33. The van der Waals surface area contributed by atoms with Crippen molar-refractivity contribution in [1.29, 1.82) is 0 Å². The average molecular weight is 300 g/mol. The number of nitrogens with two attached hydrogens (primary N) is 1. The predicted octanol–water partition coefficient (Wildman–Crippen LogP) is 1.54. The molecule has 0 aliphatic heterocycles. The second kappa shape index (κ2) is 6.36. The van der Waals surface area contributed by atoms with Gasteiger partial charge < -0.3 is 15.5 Å². The molecule has 0 amide bonds. The monoisotopic (exact) mass is 299 g/mol. The maximum atomic E-state index is 11.3. The van der Waals surface area contributed by atoms with Crippen LogP contribution in [-0.4, -0.2) is 29.0 Å². The van der Waals surface area contributed by atoms with Crippen LogP contribution in [0.5, 0.6) is 0 Å². The number of rotatable bonds is 4. The first-order valence-corrected chi connectivity index (χ1v) is 5.60. The van der Waals surface area contributed by atoms with Crippen molar-refractivity contribution in [3.05, 3.63) is 40.1 Å². The summed E-state index contributed by atoms with van der Waals surface area (Å²) in [5, 5.41) is 11.4. The maximum Gasteiger partial charge on any atom is 0.322 e. The minimum absolute atomic E-state index is 0. The number of aromatic nitrogens is 1. The van der Waals surface area contributed by atoms with E-state index in [4.69, 9.17) is 5.73 Å². The molecule has 0 fully saturated rings. The van der Waals surface area contributed by atoms with E-state index in [-0.39, 0.29) is 24.5 Å². The molecule has 1 heterocycles. The van der Waals surface area contributed by atoms with Crippen LogP contribution in [0.3, 0.4) is 0 Å². The maximum absolute atomic E-state index is 11.3. The molecule has 108 valence electrons. The zero-order valence-electron chi connectivity index (χ0n) is 10.7. The van der Waals surface area contributed by atoms with E-state index >= 15 is 0 Å². The summed E-state index contributed by atoms with van der Waals surface area (Å²) in [5.74, 6) is -0.514. The minimum Gasteiger partial charge on any atom is -0.468 e. The van der Waals surface area contributed by atoms with Crippen molar-refractivity contribution in [2.75, 3.05) is 7.11 Å². The average Bonchev–Trinajstić information content (AvgIpc) is 2.80. The fraction of sp³-hybridized carbons (Fsp3) is 0.250. The number of non-ortho nitro benzene ring substituents is 1. The van der Waals surface area contributed by atoms with Crippen LogP contribution in [-0.2, 0) is 16.0 Å². The van der Waals surface area contributed by atoms with Crippen LogP contribution in [0.15, 0.2) is 24.4 Å². The van der Waals surface area contributed by atoms with Gasteiger partial charge in [-0.15, -0.1) is 12.4 Å². The molecular formula is C12H14ClN3O4. The highest BCUT2D eigenvalue weighted by atomic mass is 35.5. The lowest BCUT2D eigenvalue weighted by Gasteiger charge is -2.07. The van der Waals surface area contributed by atoms with Crippen LogP contribution in [0.1, 0.15) is 5.56 Å². The number of carbonyl (C=O) groups excluding carboxylic acids is 1.